The van der Waals surface area contributed by atoms with Crippen molar-refractivity contribution in [1.29, 1.82) is 0 Å². The molecule has 0 spiro atoms. The summed E-state index contributed by atoms with van der Waals surface area (Å²) in [5.41, 5.74) is 8.01. The Balaban J connectivity index is 2.15. The molecule has 23 heavy (non-hydrogen) atoms. The lowest BCUT2D eigenvalue weighted by molar-refractivity contribution is -0.313. The number of benzene rings is 1. The van der Waals surface area contributed by atoms with E-state index in [9.17, 15) is 19.5 Å². The number of anilines is 1. The molecule has 2 atom stereocenters. The normalized spacial score (nSPS) is 21.0. The number of amides is 2. The van der Waals surface area contributed by atoms with Crippen molar-refractivity contribution >= 4 is 23.5 Å². The Labute approximate surface area is 134 Å². The quantitative estimate of drug-likeness (QED) is 0.801. The molecule has 122 valence electrons. The average molecular weight is 315 g/mol. The third kappa shape index (κ3) is 3.77. The minimum Gasteiger partial charge on any atom is -0.550 e. The maximum atomic E-state index is 12.4. The van der Waals surface area contributed by atoms with E-state index < -0.39 is 23.7 Å². The summed E-state index contributed by atoms with van der Waals surface area (Å²) >= 11 is 0. The van der Waals surface area contributed by atoms with Gasteiger partial charge in [-0.3, -0.25) is 9.59 Å². The molecule has 0 aliphatic heterocycles. The number of aliphatic carboxylic acids is 1. The number of nitrogens with two attached hydrogens (primary N) is 1. The van der Waals surface area contributed by atoms with E-state index in [1.54, 1.807) is 12.1 Å². The van der Waals surface area contributed by atoms with Crippen LogP contribution in [0.25, 0.3) is 0 Å². The molecule has 1 aromatic carbocycles. The number of rotatable bonds is 4. The molecule has 0 aromatic heterocycles. The number of allylic oxidation sites excluding steroid dienone is 2. The Morgan fingerprint density at radius 3 is 2.04 bits per heavy atom. The standard InChI is InChI=1S/C17H20N2O4/c1-9-7-13(14(17(22)23)8-10(9)2)16(21)19-12-5-3-11(4-6-12)15(18)20/h3-6,13-14H,7-8H2,1-2H3,(H2,18,20)(H,19,21)(H,22,23)/p-1/t13-,14+/m0/s1. The van der Waals surface area contributed by atoms with E-state index >= 15 is 0 Å². The first-order chi connectivity index (χ1) is 10.8. The Morgan fingerprint density at radius 2 is 1.57 bits per heavy atom. The molecule has 6 heteroatoms. The minimum absolute atomic E-state index is 0.326. The van der Waals surface area contributed by atoms with Crippen LogP contribution in [0.1, 0.15) is 37.0 Å². The van der Waals surface area contributed by atoms with Crippen LogP contribution in [0.2, 0.25) is 0 Å². The van der Waals surface area contributed by atoms with Crippen molar-refractivity contribution in [3.05, 3.63) is 41.0 Å². The van der Waals surface area contributed by atoms with Gasteiger partial charge in [0.25, 0.3) is 0 Å². The summed E-state index contributed by atoms with van der Waals surface area (Å²) in [6.07, 6.45) is 0.725. The second-order valence-electron chi connectivity index (χ2n) is 5.93. The molecule has 3 N–H and O–H groups in total. The van der Waals surface area contributed by atoms with Gasteiger partial charge in [0, 0.05) is 23.1 Å². The van der Waals surface area contributed by atoms with Gasteiger partial charge in [-0.1, -0.05) is 11.1 Å². The second-order valence-corrected chi connectivity index (χ2v) is 5.93. The first-order valence-corrected chi connectivity index (χ1v) is 7.36. The number of carboxylic acids is 1. The summed E-state index contributed by atoms with van der Waals surface area (Å²) in [6.45, 7) is 3.78. The molecule has 1 aromatic rings. The van der Waals surface area contributed by atoms with Gasteiger partial charge < -0.3 is 21.0 Å². The molecule has 6 nitrogen and oxygen atoms in total. The summed E-state index contributed by atoms with van der Waals surface area (Å²) < 4.78 is 0. The van der Waals surface area contributed by atoms with Crippen molar-refractivity contribution in [3.8, 4) is 0 Å². The lowest BCUT2D eigenvalue weighted by atomic mass is 9.76. The second kappa shape index (κ2) is 6.64. The van der Waals surface area contributed by atoms with Crippen molar-refractivity contribution in [2.75, 3.05) is 5.32 Å². The van der Waals surface area contributed by atoms with Crippen LogP contribution in [-0.4, -0.2) is 17.8 Å². The molecule has 0 unspecified atom stereocenters. The lowest BCUT2D eigenvalue weighted by Crippen LogP contribution is -2.42. The van der Waals surface area contributed by atoms with Gasteiger partial charge in [0.15, 0.2) is 0 Å². The van der Waals surface area contributed by atoms with Crippen LogP contribution in [0.3, 0.4) is 0 Å². The minimum atomic E-state index is -1.21. The van der Waals surface area contributed by atoms with Gasteiger partial charge in [-0.05, 0) is 51.0 Å². The van der Waals surface area contributed by atoms with Crippen molar-refractivity contribution < 1.29 is 19.5 Å². The zero-order valence-electron chi connectivity index (χ0n) is 13.1. The topological polar surface area (TPSA) is 112 Å². The highest BCUT2D eigenvalue weighted by molar-refractivity contribution is 5.97. The number of hydrogen-bond acceptors (Lipinski definition) is 4. The van der Waals surface area contributed by atoms with E-state index in [1.165, 1.54) is 12.1 Å². The van der Waals surface area contributed by atoms with E-state index in [4.69, 9.17) is 5.73 Å². The van der Waals surface area contributed by atoms with Crippen LogP contribution in [0.4, 0.5) is 5.69 Å². The Hall–Kier alpha value is -2.63. The number of carbonyl (C=O) groups is 3. The van der Waals surface area contributed by atoms with E-state index in [-0.39, 0.29) is 5.91 Å². The maximum Gasteiger partial charge on any atom is 0.248 e. The summed E-state index contributed by atoms with van der Waals surface area (Å²) in [5, 5.41) is 14.0. The van der Waals surface area contributed by atoms with Crippen LogP contribution in [-0.2, 0) is 9.59 Å². The van der Waals surface area contributed by atoms with E-state index in [2.05, 4.69) is 5.32 Å². The Kier molecular flexibility index (Phi) is 4.83. The van der Waals surface area contributed by atoms with Gasteiger partial charge in [-0.25, -0.2) is 0 Å². The molecule has 0 saturated heterocycles. The SMILES string of the molecule is CC1=C(C)C[C@@H](C(=O)[O-])[C@@H](C(=O)Nc2ccc(C(N)=O)cc2)C1. The van der Waals surface area contributed by atoms with Crippen molar-refractivity contribution in [1.82, 2.24) is 0 Å². The van der Waals surface area contributed by atoms with Gasteiger partial charge in [0.05, 0.1) is 5.92 Å². The summed E-state index contributed by atoms with van der Waals surface area (Å²) in [4.78, 5) is 34.8. The lowest BCUT2D eigenvalue weighted by Gasteiger charge is -2.32. The molecule has 0 heterocycles. The first-order valence-electron chi connectivity index (χ1n) is 7.36. The maximum absolute atomic E-state index is 12.4. The van der Waals surface area contributed by atoms with Gasteiger partial charge >= 0.3 is 0 Å². The molecular formula is C17H19N2O4-. The molecule has 2 rings (SSSR count). The molecule has 0 fully saturated rings. The number of nitrogens with one attached hydrogen (secondary N) is 1. The van der Waals surface area contributed by atoms with Crippen LogP contribution in [0.5, 0.6) is 0 Å². The number of primary amides is 1. The predicted octanol–water partition coefficient (Wildman–Crippen LogP) is 0.837. The highest BCUT2D eigenvalue weighted by atomic mass is 16.4. The predicted molar refractivity (Wildman–Crippen MR) is 83.2 cm³/mol. The summed E-state index contributed by atoms with van der Waals surface area (Å²) in [6, 6.07) is 6.13. The molecular weight excluding hydrogens is 296 g/mol. The number of carbonyl (C=O) groups excluding carboxylic acids is 3. The Morgan fingerprint density at radius 1 is 1.04 bits per heavy atom. The van der Waals surface area contributed by atoms with E-state index in [0.717, 1.165) is 11.1 Å². The number of hydrogen-bond donors (Lipinski definition) is 2. The molecule has 1 aliphatic carbocycles. The molecule has 0 radical (unpaired) electrons. The van der Waals surface area contributed by atoms with E-state index in [0.29, 0.717) is 24.1 Å². The monoisotopic (exact) mass is 315 g/mol. The number of carboxylic acid groups (broad SMARTS) is 1. The highest BCUT2D eigenvalue weighted by Crippen LogP contribution is 2.34. The van der Waals surface area contributed by atoms with Gasteiger partial charge in [0.2, 0.25) is 11.8 Å². The van der Waals surface area contributed by atoms with Crippen LogP contribution in [0.15, 0.2) is 35.4 Å². The smallest absolute Gasteiger partial charge is 0.248 e. The van der Waals surface area contributed by atoms with Crippen LogP contribution in [0, 0.1) is 11.8 Å². The van der Waals surface area contributed by atoms with Gasteiger partial charge in [0.1, 0.15) is 0 Å². The molecule has 1 aliphatic rings. The third-order valence-corrected chi connectivity index (χ3v) is 4.34. The molecule has 2 amide bonds. The molecule has 0 bridgehead atoms. The fourth-order valence-electron chi connectivity index (χ4n) is 2.77. The summed E-state index contributed by atoms with van der Waals surface area (Å²) in [5.74, 6) is -3.62. The zero-order chi connectivity index (χ0) is 17.1. The Bertz CT molecular complexity index is 676. The van der Waals surface area contributed by atoms with Gasteiger partial charge in [-0.15, -0.1) is 0 Å². The van der Waals surface area contributed by atoms with Gasteiger partial charge in [-0.2, -0.15) is 0 Å². The molecule has 0 saturated carbocycles. The van der Waals surface area contributed by atoms with Crippen molar-refractivity contribution in [3.63, 3.8) is 0 Å². The fourth-order valence-corrected chi connectivity index (χ4v) is 2.77. The highest BCUT2D eigenvalue weighted by Gasteiger charge is 2.33. The van der Waals surface area contributed by atoms with Crippen molar-refractivity contribution in [2.45, 2.75) is 26.7 Å². The first kappa shape index (κ1) is 16.7. The van der Waals surface area contributed by atoms with E-state index in [1.807, 2.05) is 13.8 Å². The largest absolute Gasteiger partial charge is 0.550 e. The summed E-state index contributed by atoms with van der Waals surface area (Å²) in [7, 11) is 0. The average Bonchev–Trinajstić information content (AvgIpc) is 2.49. The fraction of sp³-hybridized carbons (Fsp3) is 0.353. The van der Waals surface area contributed by atoms with Crippen molar-refractivity contribution in [2.24, 2.45) is 17.6 Å². The van der Waals surface area contributed by atoms with Crippen LogP contribution < -0.4 is 16.2 Å². The zero-order valence-corrected chi connectivity index (χ0v) is 13.1. The van der Waals surface area contributed by atoms with Crippen LogP contribution >= 0.6 is 0 Å². The third-order valence-electron chi connectivity index (χ3n) is 4.34.